The highest BCUT2D eigenvalue weighted by Crippen LogP contribution is 2.24. The highest BCUT2D eigenvalue weighted by atomic mass is 16.5. The Balaban J connectivity index is 1.75. The van der Waals surface area contributed by atoms with E-state index >= 15 is 0 Å². The van der Waals surface area contributed by atoms with Gasteiger partial charge < -0.3 is 9.76 Å². The Labute approximate surface area is 182 Å². The van der Waals surface area contributed by atoms with E-state index in [9.17, 15) is 5.11 Å². The van der Waals surface area contributed by atoms with E-state index in [1.807, 2.05) is 56.3 Å². The summed E-state index contributed by atoms with van der Waals surface area (Å²) in [7, 11) is 1.63. The molecule has 3 rings (SSSR count). The van der Waals surface area contributed by atoms with Crippen molar-refractivity contribution in [3.63, 3.8) is 0 Å². The topological polar surface area (TPSA) is 116 Å². The summed E-state index contributed by atoms with van der Waals surface area (Å²) >= 11 is 0. The maximum absolute atomic E-state index is 10.2. The quantitative estimate of drug-likeness (QED) is 0.621. The summed E-state index contributed by atoms with van der Waals surface area (Å²) in [6, 6.07) is 16.5. The van der Waals surface area contributed by atoms with E-state index < -0.39 is 11.2 Å². The van der Waals surface area contributed by atoms with Gasteiger partial charge in [0.1, 0.15) is 23.5 Å². The van der Waals surface area contributed by atoms with Crippen molar-refractivity contribution < 1.29 is 9.76 Å². The minimum atomic E-state index is -0.987. The molecule has 153 valence electrons. The molecule has 0 spiro atoms. The zero-order chi connectivity index (χ0) is 22.6. The fourth-order valence-corrected chi connectivity index (χ4v) is 2.48. The standard InChI is InChI=1S/C23H21BN5O2/c1-22(2,30)23(3,4)31-24-17-8-5-15(6-9-17)20-10-7-16(14-27-20)21-28-18(12-25)11-19(13-26)29-21/h5-11,14,30H,1-4H3. The van der Waals surface area contributed by atoms with Gasteiger partial charge in [0.2, 0.25) is 0 Å². The van der Waals surface area contributed by atoms with Crippen LogP contribution in [0.4, 0.5) is 0 Å². The minimum Gasteiger partial charge on any atom is -0.427 e. The third-order valence-corrected chi connectivity index (χ3v) is 5.15. The molecule has 0 unspecified atom stereocenters. The Morgan fingerprint density at radius 2 is 1.48 bits per heavy atom. The first kappa shape index (κ1) is 22.1. The molecular formula is C23H21BN5O2. The smallest absolute Gasteiger partial charge is 0.330 e. The Kier molecular flexibility index (Phi) is 6.17. The summed E-state index contributed by atoms with van der Waals surface area (Å²) in [5.41, 5.74) is 1.69. The van der Waals surface area contributed by atoms with Crippen LogP contribution in [0.5, 0.6) is 0 Å². The second-order valence-corrected chi connectivity index (χ2v) is 8.04. The molecule has 0 amide bonds. The first-order chi connectivity index (χ1) is 14.6. The summed E-state index contributed by atoms with van der Waals surface area (Å²) in [6.07, 6.45) is 1.61. The van der Waals surface area contributed by atoms with Crippen LogP contribution in [-0.4, -0.2) is 38.7 Å². The van der Waals surface area contributed by atoms with Crippen molar-refractivity contribution in [3.05, 3.63) is 60.0 Å². The molecule has 2 heterocycles. The molecule has 0 atom stereocenters. The molecule has 0 saturated heterocycles. The van der Waals surface area contributed by atoms with E-state index in [4.69, 9.17) is 15.2 Å². The highest BCUT2D eigenvalue weighted by molar-refractivity contribution is 6.47. The first-order valence-corrected chi connectivity index (χ1v) is 9.62. The lowest BCUT2D eigenvalue weighted by atomic mass is 9.82. The molecule has 8 heteroatoms. The molecule has 0 aliphatic heterocycles. The Morgan fingerprint density at radius 1 is 0.903 bits per heavy atom. The van der Waals surface area contributed by atoms with Crippen LogP contribution in [0.3, 0.4) is 0 Å². The van der Waals surface area contributed by atoms with Crippen molar-refractivity contribution in [1.29, 1.82) is 10.5 Å². The van der Waals surface area contributed by atoms with Gasteiger partial charge in [0.25, 0.3) is 0 Å². The predicted octanol–water partition coefficient (Wildman–Crippen LogP) is 2.76. The van der Waals surface area contributed by atoms with Gasteiger partial charge in [-0.25, -0.2) is 9.97 Å². The molecule has 0 fully saturated rings. The molecule has 2 aromatic heterocycles. The van der Waals surface area contributed by atoms with E-state index in [2.05, 4.69) is 15.0 Å². The van der Waals surface area contributed by atoms with Crippen LogP contribution < -0.4 is 5.46 Å². The van der Waals surface area contributed by atoms with Crippen LogP contribution in [0.25, 0.3) is 22.6 Å². The van der Waals surface area contributed by atoms with E-state index in [1.165, 1.54) is 6.07 Å². The molecule has 0 aliphatic rings. The molecular weight excluding hydrogens is 389 g/mol. The number of nitriles is 2. The van der Waals surface area contributed by atoms with Crippen molar-refractivity contribution in [2.24, 2.45) is 0 Å². The third-order valence-electron chi connectivity index (χ3n) is 5.15. The van der Waals surface area contributed by atoms with Gasteiger partial charge in [-0.2, -0.15) is 10.5 Å². The van der Waals surface area contributed by atoms with Gasteiger partial charge >= 0.3 is 7.48 Å². The van der Waals surface area contributed by atoms with Gasteiger partial charge in [-0.15, -0.1) is 0 Å². The summed E-state index contributed by atoms with van der Waals surface area (Å²) in [4.78, 5) is 12.7. The van der Waals surface area contributed by atoms with Crippen LogP contribution in [-0.2, 0) is 4.65 Å². The van der Waals surface area contributed by atoms with Gasteiger partial charge in [-0.05, 0) is 39.8 Å². The normalized spacial score (nSPS) is 11.5. The van der Waals surface area contributed by atoms with E-state index in [0.717, 1.165) is 16.7 Å². The van der Waals surface area contributed by atoms with Gasteiger partial charge in [-0.3, -0.25) is 4.98 Å². The Hall–Kier alpha value is -3.59. The van der Waals surface area contributed by atoms with Crippen LogP contribution in [0.15, 0.2) is 48.7 Å². The number of aliphatic hydroxyl groups is 1. The average molecular weight is 410 g/mol. The first-order valence-electron chi connectivity index (χ1n) is 9.62. The largest absolute Gasteiger partial charge is 0.427 e. The summed E-state index contributed by atoms with van der Waals surface area (Å²) in [5, 5.41) is 28.3. The van der Waals surface area contributed by atoms with Gasteiger partial charge in [0.15, 0.2) is 5.82 Å². The van der Waals surface area contributed by atoms with Crippen molar-refractivity contribution in [1.82, 2.24) is 15.0 Å². The van der Waals surface area contributed by atoms with Gasteiger partial charge in [-0.1, -0.05) is 29.7 Å². The lowest BCUT2D eigenvalue weighted by molar-refractivity contribution is -0.0893. The number of nitrogens with zero attached hydrogens (tertiary/aromatic N) is 5. The third kappa shape index (κ3) is 5.13. The van der Waals surface area contributed by atoms with Crippen molar-refractivity contribution >= 4 is 12.9 Å². The number of hydrogen-bond acceptors (Lipinski definition) is 7. The van der Waals surface area contributed by atoms with Crippen molar-refractivity contribution in [2.45, 2.75) is 38.9 Å². The van der Waals surface area contributed by atoms with Crippen LogP contribution >= 0.6 is 0 Å². The molecule has 1 N–H and O–H groups in total. The summed E-state index contributed by atoms with van der Waals surface area (Å²) < 4.78 is 5.78. The van der Waals surface area contributed by atoms with Crippen LogP contribution in [0.1, 0.15) is 39.1 Å². The molecule has 0 aliphatic carbocycles. The second-order valence-electron chi connectivity index (χ2n) is 8.04. The molecule has 0 saturated carbocycles. The zero-order valence-corrected chi connectivity index (χ0v) is 17.8. The lowest BCUT2D eigenvalue weighted by Crippen LogP contribution is -2.49. The fourth-order valence-electron chi connectivity index (χ4n) is 2.48. The fraction of sp³-hybridized carbons (Fsp3) is 0.261. The van der Waals surface area contributed by atoms with Gasteiger partial charge in [0.05, 0.1) is 16.9 Å². The number of pyridine rings is 1. The Morgan fingerprint density at radius 3 is 1.97 bits per heavy atom. The number of hydrogen-bond donors (Lipinski definition) is 1. The van der Waals surface area contributed by atoms with E-state index in [-0.39, 0.29) is 17.2 Å². The van der Waals surface area contributed by atoms with Crippen molar-refractivity contribution in [2.75, 3.05) is 0 Å². The van der Waals surface area contributed by atoms with Crippen molar-refractivity contribution in [3.8, 4) is 34.8 Å². The molecule has 1 aromatic carbocycles. The highest BCUT2D eigenvalue weighted by Gasteiger charge is 2.35. The maximum Gasteiger partial charge on any atom is 0.330 e. The molecule has 1 radical (unpaired) electrons. The summed E-state index contributed by atoms with van der Waals surface area (Å²) in [6.45, 7) is 7.09. The zero-order valence-electron chi connectivity index (χ0n) is 17.8. The monoisotopic (exact) mass is 410 g/mol. The van der Waals surface area contributed by atoms with Crippen LogP contribution in [0.2, 0.25) is 0 Å². The van der Waals surface area contributed by atoms with Crippen LogP contribution in [0, 0.1) is 22.7 Å². The number of rotatable bonds is 6. The predicted molar refractivity (Wildman–Crippen MR) is 117 cm³/mol. The maximum atomic E-state index is 10.2. The molecule has 3 aromatic rings. The SMILES string of the molecule is CC(C)(O)C(C)(C)O[B]c1ccc(-c2ccc(-c3nc(C#N)cc(C#N)n3)cn2)cc1. The molecule has 31 heavy (non-hydrogen) atoms. The number of benzene rings is 1. The van der Waals surface area contributed by atoms with E-state index in [0.29, 0.717) is 5.56 Å². The molecule has 7 nitrogen and oxygen atoms in total. The van der Waals surface area contributed by atoms with Gasteiger partial charge in [0, 0.05) is 23.4 Å². The second kappa shape index (κ2) is 8.65. The average Bonchev–Trinajstić information content (AvgIpc) is 2.77. The molecule has 0 bridgehead atoms. The Bertz CT molecular complexity index is 1120. The summed E-state index contributed by atoms with van der Waals surface area (Å²) in [5.74, 6) is 0.283. The minimum absolute atomic E-state index is 0.132. The number of aromatic nitrogens is 3. The van der Waals surface area contributed by atoms with E-state index in [1.54, 1.807) is 33.6 Å². The lowest BCUT2D eigenvalue weighted by Gasteiger charge is -2.37.